The SMILES string of the molecule is N[C@H]1CCS[C@H]2CCCN2C1=O. The third-order valence-corrected chi connectivity index (χ3v) is 3.88. The van der Waals surface area contributed by atoms with E-state index in [-0.39, 0.29) is 11.9 Å². The summed E-state index contributed by atoms with van der Waals surface area (Å²) in [5.41, 5.74) is 5.73. The fourth-order valence-corrected chi connectivity index (χ4v) is 3.21. The van der Waals surface area contributed by atoms with Crippen LogP contribution in [0.3, 0.4) is 0 Å². The first-order valence-electron chi connectivity index (χ1n) is 4.47. The molecule has 2 atom stereocenters. The maximum absolute atomic E-state index is 11.6. The number of hydrogen-bond donors (Lipinski definition) is 1. The van der Waals surface area contributed by atoms with Crippen molar-refractivity contribution in [1.29, 1.82) is 0 Å². The summed E-state index contributed by atoms with van der Waals surface area (Å²) in [5, 5.41) is 0.436. The number of fused-ring (bicyclic) bond motifs is 1. The van der Waals surface area contributed by atoms with E-state index in [0.29, 0.717) is 5.37 Å². The average Bonchev–Trinajstić information content (AvgIpc) is 2.46. The number of carbonyl (C=O) groups is 1. The van der Waals surface area contributed by atoms with Crippen molar-refractivity contribution in [3.05, 3.63) is 0 Å². The fraction of sp³-hybridized carbons (Fsp3) is 0.875. The minimum Gasteiger partial charge on any atom is -0.329 e. The van der Waals surface area contributed by atoms with Gasteiger partial charge in [0.1, 0.15) is 0 Å². The van der Waals surface area contributed by atoms with Crippen LogP contribution in [-0.2, 0) is 4.79 Å². The van der Waals surface area contributed by atoms with Crippen molar-refractivity contribution in [2.45, 2.75) is 30.7 Å². The molecule has 2 heterocycles. The molecule has 0 aromatic rings. The van der Waals surface area contributed by atoms with Crippen LogP contribution in [0.25, 0.3) is 0 Å². The molecule has 3 nitrogen and oxygen atoms in total. The van der Waals surface area contributed by atoms with Crippen molar-refractivity contribution in [1.82, 2.24) is 4.90 Å². The molecule has 2 saturated heterocycles. The summed E-state index contributed by atoms with van der Waals surface area (Å²) in [6.07, 6.45) is 3.15. The standard InChI is InChI=1S/C8H14N2OS/c9-6-3-5-12-7-2-1-4-10(7)8(6)11/h6-7H,1-5,9H2/t6-,7-/m0/s1. The van der Waals surface area contributed by atoms with Crippen LogP contribution < -0.4 is 5.73 Å². The first-order chi connectivity index (χ1) is 5.79. The lowest BCUT2D eigenvalue weighted by Gasteiger charge is -2.22. The van der Waals surface area contributed by atoms with Gasteiger partial charge in [0.2, 0.25) is 5.91 Å². The number of carbonyl (C=O) groups excluding carboxylic acids is 1. The molecular formula is C8H14N2OS. The summed E-state index contributed by atoms with van der Waals surface area (Å²) < 4.78 is 0. The van der Waals surface area contributed by atoms with Crippen LogP contribution in [0.1, 0.15) is 19.3 Å². The van der Waals surface area contributed by atoms with E-state index in [2.05, 4.69) is 0 Å². The van der Waals surface area contributed by atoms with Gasteiger partial charge in [0.25, 0.3) is 0 Å². The van der Waals surface area contributed by atoms with Crippen LogP contribution >= 0.6 is 11.8 Å². The minimum absolute atomic E-state index is 0.169. The zero-order chi connectivity index (χ0) is 8.55. The maximum atomic E-state index is 11.6. The van der Waals surface area contributed by atoms with Crippen molar-refractivity contribution in [3.63, 3.8) is 0 Å². The van der Waals surface area contributed by atoms with Gasteiger partial charge in [-0.2, -0.15) is 0 Å². The van der Waals surface area contributed by atoms with Gasteiger partial charge in [-0.1, -0.05) is 0 Å². The van der Waals surface area contributed by atoms with Crippen LogP contribution in [0.4, 0.5) is 0 Å². The number of nitrogens with zero attached hydrogens (tertiary/aromatic N) is 1. The van der Waals surface area contributed by atoms with Crippen LogP contribution in [0.2, 0.25) is 0 Å². The van der Waals surface area contributed by atoms with Gasteiger partial charge in [0.15, 0.2) is 0 Å². The minimum atomic E-state index is -0.236. The van der Waals surface area contributed by atoms with E-state index in [4.69, 9.17) is 5.73 Å². The molecular weight excluding hydrogens is 172 g/mol. The van der Waals surface area contributed by atoms with Crippen LogP contribution in [0.15, 0.2) is 0 Å². The van der Waals surface area contributed by atoms with Crippen molar-refractivity contribution in [2.24, 2.45) is 5.73 Å². The second-order valence-electron chi connectivity index (χ2n) is 3.39. The van der Waals surface area contributed by atoms with Gasteiger partial charge >= 0.3 is 0 Å². The molecule has 68 valence electrons. The van der Waals surface area contributed by atoms with E-state index in [1.165, 1.54) is 0 Å². The lowest BCUT2D eigenvalue weighted by atomic mass is 10.2. The third kappa shape index (κ3) is 1.33. The Balaban J connectivity index is 2.13. The molecule has 0 saturated carbocycles. The number of nitrogens with two attached hydrogens (primary N) is 1. The van der Waals surface area contributed by atoms with Crippen LogP contribution in [0.5, 0.6) is 0 Å². The van der Waals surface area contributed by atoms with Crippen molar-refractivity contribution < 1.29 is 4.79 Å². The Morgan fingerprint density at radius 3 is 3.17 bits per heavy atom. The Bertz CT molecular complexity index is 197. The Kier molecular flexibility index (Phi) is 2.28. The van der Waals surface area contributed by atoms with Crippen molar-refractivity contribution in [2.75, 3.05) is 12.3 Å². The Labute approximate surface area is 76.7 Å². The maximum Gasteiger partial charge on any atom is 0.240 e. The Hall–Kier alpha value is -0.220. The quantitative estimate of drug-likeness (QED) is 0.595. The molecule has 2 fully saturated rings. The molecule has 4 heteroatoms. The normalized spacial score (nSPS) is 36.4. The van der Waals surface area contributed by atoms with E-state index in [9.17, 15) is 4.79 Å². The largest absolute Gasteiger partial charge is 0.329 e. The number of rotatable bonds is 0. The molecule has 2 aliphatic heterocycles. The van der Waals surface area contributed by atoms with Gasteiger partial charge in [-0.3, -0.25) is 4.79 Å². The average molecular weight is 186 g/mol. The summed E-state index contributed by atoms with van der Waals surface area (Å²) in [5.74, 6) is 1.20. The van der Waals surface area contributed by atoms with E-state index in [1.807, 2.05) is 16.7 Å². The highest BCUT2D eigenvalue weighted by Gasteiger charge is 2.34. The Morgan fingerprint density at radius 1 is 1.50 bits per heavy atom. The summed E-state index contributed by atoms with van der Waals surface area (Å²) in [7, 11) is 0. The van der Waals surface area contributed by atoms with E-state index in [0.717, 1.165) is 31.6 Å². The molecule has 0 radical (unpaired) electrons. The summed E-state index contributed by atoms with van der Waals surface area (Å²) >= 11 is 1.89. The van der Waals surface area contributed by atoms with Crippen LogP contribution in [0, 0.1) is 0 Å². The molecule has 1 amide bonds. The van der Waals surface area contributed by atoms with Crippen molar-refractivity contribution >= 4 is 17.7 Å². The summed E-state index contributed by atoms with van der Waals surface area (Å²) in [6, 6.07) is -0.236. The van der Waals surface area contributed by atoms with E-state index in [1.54, 1.807) is 0 Å². The predicted molar refractivity (Wildman–Crippen MR) is 49.8 cm³/mol. The molecule has 0 unspecified atom stereocenters. The first-order valence-corrected chi connectivity index (χ1v) is 5.51. The van der Waals surface area contributed by atoms with Gasteiger partial charge < -0.3 is 10.6 Å². The third-order valence-electron chi connectivity index (χ3n) is 2.54. The monoisotopic (exact) mass is 186 g/mol. The molecule has 0 aromatic carbocycles. The second-order valence-corrected chi connectivity index (χ2v) is 4.68. The lowest BCUT2D eigenvalue weighted by Crippen LogP contribution is -2.43. The number of thioether (sulfide) groups is 1. The highest BCUT2D eigenvalue weighted by Crippen LogP contribution is 2.30. The molecule has 0 spiro atoms. The van der Waals surface area contributed by atoms with Crippen LogP contribution in [-0.4, -0.2) is 34.5 Å². The van der Waals surface area contributed by atoms with Gasteiger partial charge in [0, 0.05) is 6.54 Å². The van der Waals surface area contributed by atoms with E-state index < -0.39 is 0 Å². The number of amides is 1. The molecule has 2 aliphatic rings. The lowest BCUT2D eigenvalue weighted by molar-refractivity contribution is -0.131. The topological polar surface area (TPSA) is 46.3 Å². The Morgan fingerprint density at radius 2 is 2.33 bits per heavy atom. The fourth-order valence-electron chi connectivity index (χ4n) is 1.83. The summed E-state index contributed by atoms with van der Waals surface area (Å²) in [4.78, 5) is 13.6. The smallest absolute Gasteiger partial charge is 0.240 e. The molecule has 12 heavy (non-hydrogen) atoms. The zero-order valence-corrected chi connectivity index (χ0v) is 7.85. The second kappa shape index (κ2) is 3.26. The van der Waals surface area contributed by atoms with Gasteiger partial charge in [-0.25, -0.2) is 0 Å². The van der Waals surface area contributed by atoms with Gasteiger partial charge in [-0.05, 0) is 25.0 Å². The number of hydrogen-bond acceptors (Lipinski definition) is 3. The highest BCUT2D eigenvalue weighted by atomic mass is 32.2. The highest BCUT2D eigenvalue weighted by molar-refractivity contribution is 7.99. The summed E-state index contributed by atoms with van der Waals surface area (Å²) in [6.45, 7) is 0.921. The molecule has 0 aromatic heterocycles. The van der Waals surface area contributed by atoms with E-state index >= 15 is 0 Å². The van der Waals surface area contributed by atoms with Gasteiger partial charge in [-0.15, -0.1) is 11.8 Å². The molecule has 0 bridgehead atoms. The molecule has 2 rings (SSSR count). The van der Waals surface area contributed by atoms with Gasteiger partial charge in [0.05, 0.1) is 11.4 Å². The van der Waals surface area contributed by atoms with Crippen molar-refractivity contribution in [3.8, 4) is 0 Å². The zero-order valence-electron chi connectivity index (χ0n) is 7.03. The molecule has 0 aliphatic carbocycles. The predicted octanol–water partition coefficient (Wildman–Crippen LogP) is 0.399. The first kappa shape index (κ1) is 8.38. The molecule has 2 N–H and O–H groups in total.